The Morgan fingerprint density at radius 2 is 1.71 bits per heavy atom. The third-order valence-electron chi connectivity index (χ3n) is 3.99. The van der Waals surface area contributed by atoms with Crippen LogP contribution in [0.25, 0.3) is 0 Å². The predicted molar refractivity (Wildman–Crippen MR) is 56.9 cm³/mol. The molecule has 2 nitrogen and oxygen atoms in total. The predicted octanol–water partition coefficient (Wildman–Crippen LogP) is 2.48. The Morgan fingerprint density at radius 3 is 2.14 bits per heavy atom. The summed E-state index contributed by atoms with van der Waals surface area (Å²) in [5, 5.41) is 3.09. The zero-order valence-corrected chi connectivity index (χ0v) is 9.31. The summed E-state index contributed by atoms with van der Waals surface area (Å²) in [6.45, 7) is 4.09. The summed E-state index contributed by atoms with van der Waals surface area (Å²) >= 11 is 0. The molecule has 3 rings (SSSR count). The quantitative estimate of drug-likeness (QED) is 0.720. The normalized spacial score (nSPS) is 36.1. The minimum Gasteiger partial charge on any atom is -0.353 e. The number of carbonyl (C=O) groups is 1. The topological polar surface area (TPSA) is 29.1 Å². The molecular formula is C12H21NO. The molecule has 14 heavy (non-hydrogen) atoms. The van der Waals surface area contributed by atoms with E-state index in [-0.39, 0.29) is 11.5 Å². The highest BCUT2D eigenvalue weighted by Gasteiger charge is 2.45. The molecule has 0 spiro atoms. The first-order valence-electron chi connectivity index (χ1n) is 5.93. The lowest BCUT2D eigenvalue weighted by Gasteiger charge is -2.45. The minimum absolute atomic E-state index is 0.0268. The van der Waals surface area contributed by atoms with Crippen LogP contribution in [0.2, 0.25) is 0 Å². The lowest BCUT2D eigenvalue weighted by Crippen LogP contribution is -2.48. The van der Waals surface area contributed by atoms with Gasteiger partial charge in [0, 0.05) is 11.5 Å². The van der Waals surface area contributed by atoms with Crippen LogP contribution in [0.3, 0.4) is 0 Å². The maximum absolute atomic E-state index is 12.1. The maximum atomic E-state index is 12.1. The van der Waals surface area contributed by atoms with E-state index < -0.39 is 0 Å². The van der Waals surface area contributed by atoms with Gasteiger partial charge in [0.25, 0.3) is 0 Å². The van der Waals surface area contributed by atoms with Crippen molar-refractivity contribution in [2.24, 2.45) is 11.3 Å². The molecule has 1 N–H and O–H groups in total. The van der Waals surface area contributed by atoms with Gasteiger partial charge in [0.1, 0.15) is 0 Å². The van der Waals surface area contributed by atoms with Crippen LogP contribution in [-0.2, 0) is 4.79 Å². The zero-order valence-electron chi connectivity index (χ0n) is 9.31. The van der Waals surface area contributed by atoms with Crippen LogP contribution in [0.1, 0.15) is 52.4 Å². The zero-order chi connectivity index (χ0) is 10.2. The van der Waals surface area contributed by atoms with Gasteiger partial charge in [-0.15, -0.1) is 0 Å². The molecule has 0 aromatic rings. The van der Waals surface area contributed by atoms with Gasteiger partial charge in [-0.3, -0.25) is 4.79 Å². The molecule has 0 atom stereocenters. The van der Waals surface area contributed by atoms with Crippen molar-refractivity contribution in [3.8, 4) is 0 Å². The van der Waals surface area contributed by atoms with E-state index in [1.54, 1.807) is 0 Å². The second-order valence-corrected chi connectivity index (χ2v) is 5.39. The number of fused-ring (bicyclic) bond motifs is 3. The number of carbonyl (C=O) groups excluding carboxylic acids is 1. The highest BCUT2D eigenvalue weighted by molar-refractivity contribution is 5.83. The van der Waals surface area contributed by atoms with Crippen LogP contribution in [0.5, 0.6) is 0 Å². The van der Waals surface area contributed by atoms with Crippen LogP contribution < -0.4 is 5.32 Å². The van der Waals surface area contributed by atoms with Crippen LogP contribution in [-0.4, -0.2) is 11.9 Å². The standard InChI is InChI=1S/C12H21NO/c1-9(2)13-11(14)12-6-3-10(4-7-12)5-8-12/h9-10H,3-8H2,1-2H3,(H,13,14). The summed E-state index contributed by atoms with van der Waals surface area (Å²) in [5.74, 6) is 1.26. The Balaban J connectivity index is 2.03. The van der Waals surface area contributed by atoms with Crippen molar-refractivity contribution in [1.82, 2.24) is 5.32 Å². The van der Waals surface area contributed by atoms with E-state index in [1.807, 2.05) is 13.8 Å². The second-order valence-electron chi connectivity index (χ2n) is 5.39. The van der Waals surface area contributed by atoms with Crippen LogP contribution in [0.4, 0.5) is 0 Å². The van der Waals surface area contributed by atoms with Crippen molar-refractivity contribution in [3.05, 3.63) is 0 Å². The minimum atomic E-state index is 0.0268. The lowest BCUT2D eigenvalue weighted by atomic mass is 9.60. The molecule has 1 amide bonds. The van der Waals surface area contributed by atoms with E-state index >= 15 is 0 Å². The molecule has 0 unspecified atom stereocenters. The Morgan fingerprint density at radius 1 is 1.21 bits per heavy atom. The Bertz CT molecular complexity index is 213. The molecule has 3 saturated carbocycles. The molecule has 0 aromatic heterocycles. The Kier molecular flexibility index (Phi) is 2.54. The molecule has 80 valence electrons. The highest BCUT2D eigenvalue weighted by Crippen LogP contribution is 2.50. The Labute approximate surface area is 86.5 Å². The molecular weight excluding hydrogens is 174 g/mol. The number of hydrogen-bond acceptors (Lipinski definition) is 1. The maximum Gasteiger partial charge on any atom is 0.226 e. The van der Waals surface area contributed by atoms with E-state index in [0.717, 1.165) is 25.2 Å². The average Bonchev–Trinajstić information content (AvgIpc) is 2.19. The van der Waals surface area contributed by atoms with Crippen molar-refractivity contribution in [3.63, 3.8) is 0 Å². The van der Waals surface area contributed by atoms with E-state index in [4.69, 9.17) is 0 Å². The average molecular weight is 195 g/mol. The summed E-state index contributed by atoms with van der Waals surface area (Å²) < 4.78 is 0. The largest absolute Gasteiger partial charge is 0.353 e. The van der Waals surface area contributed by atoms with Crippen molar-refractivity contribution in [2.45, 2.75) is 58.4 Å². The van der Waals surface area contributed by atoms with Gasteiger partial charge in [-0.1, -0.05) is 0 Å². The smallest absolute Gasteiger partial charge is 0.226 e. The summed E-state index contributed by atoms with van der Waals surface area (Å²) in [5.41, 5.74) is 0.0268. The summed E-state index contributed by atoms with van der Waals surface area (Å²) in [7, 11) is 0. The number of hydrogen-bond donors (Lipinski definition) is 1. The number of amides is 1. The van der Waals surface area contributed by atoms with Crippen molar-refractivity contribution >= 4 is 5.91 Å². The van der Waals surface area contributed by atoms with Crippen molar-refractivity contribution in [1.29, 1.82) is 0 Å². The monoisotopic (exact) mass is 195 g/mol. The molecule has 0 aliphatic heterocycles. The first kappa shape index (κ1) is 10.0. The summed E-state index contributed by atoms with van der Waals surface area (Å²) in [6.07, 6.45) is 7.26. The third kappa shape index (κ3) is 1.67. The van der Waals surface area contributed by atoms with Gasteiger partial charge in [0.15, 0.2) is 0 Å². The van der Waals surface area contributed by atoms with Gasteiger partial charge in [-0.25, -0.2) is 0 Å². The first-order valence-corrected chi connectivity index (χ1v) is 5.93. The van der Waals surface area contributed by atoms with E-state index in [9.17, 15) is 4.79 Å². The molecule has 0 heterocycles. The van der Waals surface area contributed by atoms with Crippen molar-refractivity contribution in [2.75, 3.05) is 0 Å². The van der Waals surface area contributed by atoms with Gasteiger partial charge < -0.3 is 5.32 Å². The first-order chi connectivity index (χ1) is 6.62. The SMILES string of the molecule is CC(C)NC(=O)C12CCC(CC1)CC2. The summed E-state index contributed by atoms with van der Waals surface area (Å²) in [6, 6.07) is 0.288. The molecule has 2 heteroatoms. The molecule has 0 saturated heterocycles. The second kappa shape index (κ2) is 3.56. The molecule has 3 aliphatic carbocycles. The Hall–Kier alpha value is -0.530. The molecule has 3 aliphatic rings. The van der Waals surface area contributed by atoms with Gasteiger partial charge >= 0.3 is 0 Å². The van der Waals surface area contributed by atoms with Gasteiger partial charge in [0.05, 0.1) is 0 Å². The fourth-order valence-electron chi connectivity index (χ4n) is 3.01. The van der Waals surface area contributed by atoms with Gasteiger partial charge in [-0.2, -0.15) is 0 Å². The summed E-state index contributed by atoms with van der Waals surface area (Å²) in [4.78, 5) is 12.1. The molecule has 3 fully saturated rings. The van der Waals surface area contributed by atoms with Gasteiger partial charge in [0.2, 0.25) is 5.91 Å². The fraction of sp³-hybridized carbons (Fsp3) is 0.917. The number of rotatable bonds is 2. The van der Waals surface area contributed by atoms with Crippen molar-refractivity contribution < 1.29 is 4.79 Å². The van der Waals surface area contributed by atoms with E-state index in [0.29, 0.717) is 5.91 Å². The molecule has 0 radical (unpaired) electrons. The third-order valence-corrected chi connectivity index (χ3v) is 3.99. The van der Waals surface area contributed by atoms with Crippen LogP contribution in [0.15, 0.2) is 0 Å². The van der Waals surface area contributed by atoms with E-state index in [1.165, 1.54) is 19.3 Å². The molecule has 0 aromatic carbocycles. The number of nitrogens with one attached hydrogen (secondary N) is 1. The van der Waals surface area contributed by atoms with E-state index in [2.05, 4.69) is 5.32 Å². The van der Waals surface area contributed by atoms with Crippen LogP contribution >= 0.6 is 0 Å². The lowest BCUT2D eigenvalue weighted by molar-refractivity contribution is -0.137. The fourth-order valence-corrected chi connectivity index (χ4v) is 3.01. The molecule has 2 bridgehead atoms. The highest BCUT2D eigenvalue weighted by atomic mass is 16.2. The van der Waals surface area contributed by atoms with Gasteiger partial charge in [-0.05, 0) is 58.3 Å². The van der Waals surface area contributed by atoms with Crippen LogP contribution in [0, 0.1) is 11.3 Å².